The number of carbonyl (C=O) groups excluding carboxylic acids is 1. The van der Waals surface area contributed by atoms with Crippen molar-refractivity contribution in [2.75, 3.05) is 19.7 Å². The maximum Gasteiger partial charge on any atom is 0.315 e. The average Bonchev–Trinajstić information content (AvgIpc) is 2.70. The Morgan fingerprint density at radius 3 is 2.52 bits per heavy atom. The van der Waals surface area contributed by atoms with Gasteiger partial charge in [0, 0.05) is 42.3 Å². The van der Waals surface area contributed by atoms with Crippen LogP contribution in [-0.4, -0.2) is 52.4 Å². The number of nitrogens with zero attached hydrogens (tertiary/aromatic N) is 3. The first-order chi connectivity index (χ1) is 14.7. The third kappa shape index (κ3) is 5.56. The molecule has 0 aliphatic carbocycles. The number of amides is 1. The molecule has 1 fully saturated rings. The van der Waals surface area contributed by atoms with E-state index in [0.29, 0.717) is 19.6 Å². The molecule has 0 bridgehead atoms. The fourth-order valence-corrected chi connectivity index (χ4v) is 4.05. The van der Waals surface area contributed by atoms with Gasteiger partial charge in [0.2, 0.25) is 5.75 Å². The van der Waals surface area contributed by atoms with Gasteiger partial charge in [0.05, 0.1) is 4.92 Å². The molecule has 0 aromatic heterocycles. The molecule has 1 aliphatic rings. The van der Waals surface area contributed by atoms with Crippen LogP contribution in [0.3, 0.4) is 0 Å². The fraction of sp³-hybridized carbons (Fsp3) is 0.381. The van der Waals surface area contributed by atoms with Gasteiger partial charge in [-0.2, -0.15) is 0 Å². The van der Waals surface area contributed by atoms with E-state index < -0.39 is 28.8 Å². The molecule has 0 unspecified atom stereocenters. The van der Waals surface area contributed by atoms with Crippen molar-refractivity contribution in [1.82, 2.24) is 9.80 Å². The highest BCUT2D eigenvalue weighted by Crippen LogP contribution is 2.33. The highest BCUT2D eigenvalue weighted by atomic mass is 79.9. The molecule has 10 heteroatoms. The van der Waals surface area contributed by atoms with Gasteiger partial charge in [0.1, 0.15) is 5.82 Å². The summed E-state index contributed by atoms with van der Waals surface area (Å²) in [7, 11) is 0. The topological polar surface area (TPSA) is 75.9 Å². The zero-order chi connectivity index (χ0) is 22.7. The number of halogens is 3. The molecule has 31 heavy (non-hydrogen) atoms. The van der Waals surface area contributed by atoms with Crippen LogP contribution in [0.25, 0.3) is 0 Å². The molecule has 1 heterocycles. The second-order valence-corrected chi connectivity index (χ2v) is 8.50. The van der Waals surface area contributed by atoms with Crippen LogP contribution in [0.15, 0.2) is 40.9 Å². The van der Waals surface area contributed by atoms with Crippen molar-refractivity contribution in [1.29, 1.82) is 0 Å². The van der Waals surface area contributed by atoms with Crippen LogP contribution in [0, 0.1) is 21.7 Å². The van der Waals surface area contributed by atoms with Crippen LogP contribution in [-0.2, 0) is 11.3 Å². The summed E-state index contributed by atoms with van der Waals surface area (Å²) >= 11 is 3.01. The fourth-order valence-electron chi connectivity index (χ4n) is 3.63. The van der Waals surface area contributed by atoms with Gasteiger partial charge >= 0.3 is 5.69 Å². The molecule has 0 spiro atoms. The van der Waals surface area contributed by atoms with Crippen molar-refractivity contribution in [3.63, 3.8) is 0 Å². The van der Waals surface area contributed by atoms with Gasteiger partial charge in [0.15, 0.2) is 12.4 Å². The lowest BCUT2D eigenvalue weighted by molar-refractivity contribution is -0.386. The number of ether oxygens (including phenoxy) is 1. The summed E-state index contributed by atoms with van der Waals surface area (Å²) in [5.74, 6) is -2.14. The molecule has 1 aliphatic heterocycles. The first-order valence-corrected chi connectivity index (χ1v) is 10.5. The summed E-state index contributed by atoms with van der Waals surface area (Å²) in [5, 5.41) is 11.2. The number of rotatable bonds is 6. The van der Waals surface area contributed by atoms with Gasteiger partial charge in [-0.25, -0.2) is 8.78 Å². The monoisotopic (exact) mass is 497 g/mol. The van der Waals surface area contributed by atoms with Crippen molar-refractivity contribution in [3.8, 4) is 5.75 Å². The number of benzene rings is 2. The molecule has 2 atom stereocenters. The van der Waals surface area contributed by atoms with Crippen LogP contribution in [0.2, 0.25) is 0 Å². The van der Waals surface area contributed by atoms with E-state index in [9.17, 15) is 23.7 Å². The molecule has 1 amide bonds. The maximum absolute atomic E-state index is 14.2. The first kappa shape index (κ1) is 23.1. The molecule has 0 saturated carbocycles. The minimum atomic E-state index is -0.917. The standard InChI is InChI=1S/C21H22BrF2N3O4/c1-13-10-26(14(2)9-25(13)11-15-3-5-17(23)6-4-15)20(28)12-31-21-18(24)7-16(22)8-19(21)27(29)30/h3-8,13-14H,9-12H2,1-2H3/t13-,14+/m1/s1. The lowest BCUT2D eigenvalue weighted by atomic mass is 10.1. The van der Waals surface area contributed by atoms with Crippen molar-refractivity contribution in [2.45, 2.75) is 32.5 Å². The number of carbonyl (C=O) groups is 1. The van der Waals surface area contributed by atoms with E-state index in [1.54, 1.807) is 17.0 Å². The Kier molecular flexibility index (Phi) is 7.22. The summed E-state index contributed by atoms with van der Waals surface area (Å²) in [4.78, 5) is 27.0. The van der Waals surface area contributed by atoms with Crippen LogP contribution in [0.4, 0.5) is 14.5 Å². The van der Waals surface area contributed by atoms with Crippen LogP contribution >= 0.6 is 15.9 Å². The first-order valence-electron chi connectivity index (χ1n) is 9.70. The SMILES string of the molecule is C[C@@H]1CN(C(=O)COc2c(F)cc(Br)cc2[N+](=O)[O-])[C@@H](C)CN1Cc1ccc(F)cc1. The average molecular weight is 498 g/mol. The molecule has 2 aromatic rings. The van der Waals surface area contributed by atoms with Crippen LogP contribution in [0.1, 0.15) is 19.4 Å². The Bertz CT molecular complexity index is 974. The third-order valence-corrected chi connectivity index (χ3v) is 5.72. The summed E-state index contributed by atoms with van der Waals surface area (Å²) in [6.45, 7) is 5.02. The molecule has 7 nitrogen and oxygen atoms in total. The highest BCUT2D eigenvalue weighted by Gasteiger charge is 2.32. The number of piperazine rings is 1. The Morgan fingerprint density at radius 2 is 1.87 bits per heavy atom. The van der Waals surface area contributed by atoms with Crippen molar-refractivity contribution >= 4 is 27.5 Å². The summed E-state index contributed by atoms with van der Waals surface area (Å²) in [6, 6.07) is 8.37. The van der Waals surface area contributed by atoms with Gasteiger partial charge in [-0.15, -0.1) is 0 Å². The summed E-state index contributed by atoms with van der Waals surface area (Å²) < 4.78 is 32.7. The minimum absolute atomic E-state index is 0.0314. The molecule has 2 aromatic carbocycles. The lowest BCUT2D eigenvalue weighted by Crippen LogP contribution is -2.58. The van der Waals surface area contributed by atoms with E-state index >= 15 is 0 Å². The number of hydrogen-bond acceptors (Lipinski definition) is 5. The van der Waals surface area contributed by atoms with E-state index in [1.165, 1.54) is 12.1 Å². The molecule has 0 radical (unpaired) electrons. The normalized spacial score (nSPS) is 19.3. The predicted molar refractivity (Wildman–Crippen MR) is 114 cm³/mol. The van der Waals surface area contributed by atoms with Gasteiger partial charge in [-0.1, -0.05) is 28.1 Å². The highest BCUT2D eigenvalue weighted by molar-refractivity contribution is 9.10. The van der Waals surface area contributed by atoms with Gasteiger partial charge in [-0.3, -0.25) is 19.8 Å². The third-order valence-electron chi connectivity index (χ3n) is 5.26. The Labute approximate surface area is 186 Å². The minimum Gasteiger partial charge on any atom is -0.475 e. The van der Waals surface area contributed by atoms with Gasteiger partial charge < -0.3 is 9.64 Å². The van der Waals surface area contributed by atoms with Crippen molar-refractivity contribution < 1.29 is 23.2 Å². The molecule has 3 rings (SSSR count). The number of nitro groups is 1. The Balaban J connectivity index is 1.63. The summed E-state index contributed by atoms with van der Waals surface area (Å²) in [6.07, 6.45) is 0. The smallest absolute Gasteiger partial charge is 0.315 e. The van der Waals surface area contributed by atoms with Crippen LogP contribution < -0.4 is 4.74 Å². The maximum atomic E-state index is 14.2. The number of nitro benzene ring substituents is 1. The second-order valence-electron chi connectivity index (χ2n) is 7.58. The van der Waals surface area contributed by atoms with E-state index in [0.717, 1.165) is 17.7 Å². The zero-order valence-electron chi connectivity index (χ0n) is 17.1. The van der Waals surface area contributed by atoms with E-state index in [2.05, 4.69) is 20.8 Å². The molecule has 166 valence electrons. The molecular formula is C21H22BrF2N3O4. The largest absolute Gasteiger partial charge is 0.475 e. The quantitative estimate of drug-likeness (QED) is 0.442. The van der Waals surface area contributed by atoms with E-state index in [-0.39, 0.29) is 28.3 Å². The second kappa shape index (κ2) is 9.69. The zero-order valence-corrected chi connectivity index (χ0v) is 18.6. The van der Waals surface area contributed by atoms with Crippen molar-refractivity contribution in [3.05, 3.63) is 68.2 Å². The predicted octanol–water partition coefficient (Wildman–Crippen LogP) is 4.14. The van der Waals surface area contributed by atoms with Gasteiger partial charge in [-0.05, 0) is 37.6 Å². The molecule has 1 saturated heterocycles. The van der Waals surface area contributed by atoms with Gasteiger partial charge in [0.25, 0.3) is 5.91 Å². The lowest BCUT2D eigenvalue weighted by Gasteiger charge is -2.44. The summed E-state index contributed by atoms with van der Waals surface area (Å²) in [5.41, 5.74) is 0.423. The van der Waals surface area contributed by atoms with E-state index in [4.69, 9.17) is 4.74 Å². The van der Waals surface area contributed by atoms with Crippen molar-refractivity contribution in [2.24, 2.45) is 0 Å². The molecular weight excluding hydrogens is 476 g/mol. The molecule has 0 N–H and O–H groups in total. The van der Waals surface area contributed by atoms with Crippen LogP contribution in [0.5, 0.6) is 5.75 Å². The Hall–Kier alpha value is -2.59. The Morgan fingerprint density at radius 1 is 1.19 bits per heavy atom. The van der Waals surface area contributed by atoms with E-state index in [1.807, 2.05) is 13.8 Å². The number of hydrogen-bond donors (Lipinski definition) is 0.